The molecule has 2 nitrogen and oxygen atoms in total. The van der Waals surface area contributed by atoms with Crippen molar-refractivity contribution in [3.05, 3.63) is 28.8 Å². The molecule has 0 radical (unpaired) electrons. The van der Waals surface area contributed by atoms with Crippen molar-refractivity contribution in [2.75, 3.05) is 0 Å². The number of hydrogen-bond acceptors (Lipinski definition) is 2. The van der Waals surface area contributed by atoms with Crippen LogP contribution in [0.1, 0.15) is 42.5 Å². The minimum atomic E-state index is 0.0414. The zero-order valence-corrected chi connectivity index (χ0v) is 9.83. The molecule has 0 heterocycles. The number of phenols is 1. The largest absolute Gasteiger partial charge is 0.507 e. The summed E-state index contributed by atoms with van der Waals surface area (Å²) in [5.41, 5.74) is 0.374. The summed E-state index contributed by atoms with van der Waals surface area (Å²) in [4.78, 5) is 12.2. The Morgan fingerprint density at radius 1 is 1.25 bits per heavy atom. The van der Waals surface area contributed by atoms with E-state index in [1.807, 2.05) is 0 Å². The number of aromatic hydroxyl groups is 1. The predicted molar refractivity (Wildman–Crippen MR) is 64.0 cm³/mol. The summed E-state index contributed by atoms with van der Waals surface area (Å²) in [6, 6.07) is 4.64. The van der Waals surface area contributed by atoms with E-state index in [1.165, 1.54) is 12.5 Å². The van der Waals surface area contributed by atoms with Gasteiger partial charge in [0.25, 0.3) is 0 Å². The van der Waals surface area contributed by atoms with Crippen molar-refractivity contribution in [3.63, 3.8) is 0 Å². The van der Waals surface area contributed by atoms with Crippen molar-refractivity contribution in [2.45, 2.75) is 32.1 Å². The quantitative estimate of drug-likeness (QED) is 0.796. The maximum Gasteiger partial charge on any atom is 0.169 e. The molecule has 0 aromatic heterocycles. The van der Waals surface area contributed by atoms with Gasteiger partial charge >= 0.3 is 0 Å². The van der Waals surface area contributed by atoms with E-state index in [9.17, 15) is 9.90 Å². The van der Waals surface area contributed by atoms with Crippen LogP contribution >= 0.6 is 11.6 Å². The molecule has 0 aliphatic heterocycles. The van der Waals surface area contributed by atoms with Gasteiger partial charge in [-0.05, 0) is 31.0 Å². The van der Waals surface area contributed by atoms with Crippen molar-refractivity contribution in [3.8, 4) is 5.75 Å². The number of hydrogen-bond donors (Lipinski definition) is 1. The van der Waals surface area contributed by atoms with Crippen LogP contribution in [0.5, 0.6) is 5.75 Å². The zero-order chi connectivity index (χ0) is 11.5. The van der Waals surface area contributed by atoms with E-state index in [0.717, 1.165) is 25.7 Å². The monoisotopic (exact) mass is 238 g/mol. The molecule has 1 aromatic carbocycles. The minimum absolute atomic E-state index is 0.0414. The highest BCUT2D eigenvalue weighted by molar-refractivity contribution is 6.31. The van der Waals surface area contributed by atoms with Gasteiger partial charge in [-0.3, -0.25) is 4.79 Å². The molecule has 1 aromatic rings. The van der Waals surface area contributed by atoms with E-state index < -0.39 is 0 Å². The first-order chi connectivity index (χ1) is 7.68. The molecule has 0 spiro atoms. The molecule has 0 bridgehead atoms. The zero-order valence-electron chi connectivity index (χ0n) is 9.08. The van der Waals surface area contributed by atoms with Gasteiger partial charge in [-0.2, -0.15) is 0 Å². The minimum Gasteiger partial charge on any atom is -0.507 e. The second kappa shape index (κ2) is 4.88. The van der Waals surface area contributed by atoms with Crippen LogP contribution in [0.4, 0.5) is 0 Å². The van der Waals surface area contributed by atoms with E-state index in [2.05, 4.69) is 0 Å². The van der Waals surface area contributed by atoms with Crippen LogP contribution < -0.4 is 0 Å². The molecule has 0 unspecified atom stereocenters. The van der Waals surface area contributed by atoms with Gasteiger partial charge in [0, 0.05) is 10.9 Å². The molecule has 0 atom stereocenters. The van der Waals surface area contributed by atoms with Gasteiger partial charge in [0.05, 0.1) is 5.56 Å². The molecule has 1 saturated carbocycles. The van der Waals surface area contributed by atoms with Crippen molar-refractivity contribution in [1.29, 1.82) is 0 Å². The first-order valence-corrected chi connectivity index (χ1v) is 6.09. The molecule has 0 saturated heterocycles. The maximum absolute atomic E-state index is 12.2. The van der Waals surface area contributed by atoms with Crippen molar-refractivity contribution < 1.29 is 9.90 Å². The lowest BCUT2D eigenvalue weighted by atomic mass is 9.84. The highest BCUT2D eigenvalue weighted by Gasteiger charge is 2.24. The van der Waals surface area contributed by atoms with Crippen LogP contribution in [-0.2, 0) is 0 Å². The predicted octanol–water partition coefficient (Wildman–Crippen LogP) is 3.81. The van der Waals surface area contributed by atoms with Crippen molar-refractivity contribution in [1.82, 2.24) is 0 Å². The second-order valence-corrected chi connectivity index (χ2v) is 4.80. The van der Waals surface area contributed by atoms with Gasteiger partial charge in [-0.1, -0.05) is 30.9 Å². The molecule has 1 aliphatic carbocycles. The number of benzene rings is 1. The Balaban J connectivity index is 2.22. The number of ketones is 1. The fourth-order valence-electron chi connectivity index (χ4n) is 2.29. The third-order valence-electron chi connectivity index (χ3n) is 3.20. The van der Waals surface area contributed by atoms with E-state index in [4.69, 9.17) is 11.6 Å². The highest BCUT2D eigenvalue weighted by atomic mass is 35.5. The lowest BCUT2D eigenvalue weighted by Gasteiger charge is -2.20. The van der Waals surface area contributed by atoms with Crippen LogP contribution in [0.2, 0.25) is 5.02 Å². The van der Waals surface area contributed by atoms with E-state index in [1.54, 1.807) is 12.1 Å². The number of halogens is 1. The average Bonchev–Trinajstić information content (AvgIpc) is 2.32. The Hall–Kier alpha value is -1.02. The molecule has 1 N–H and O–H groups in total. The molecular formula is C13H15ClO2. The molecular weight excluding hydrogens is 224 g/mol. The molecule has 1 fully saturated rings. The lowest BCUT2D eigenvalue weighted by molar-refractivity contribution is 0.0887. The van der Waals surface area contributed by atoms with Gasteiger partial charge in [0.1, 0.15) is 5.75 Å². The number of phenolic OH excluding ortho intramolecular Hbond substituents is 1. The molecule has 16 heavy (non-hydrogen) atoms. The summed E-state index contributed by atoms with van der Waals surface area (Å²) < 4.78 is 0. The first-order valence-electron chi connectivity index (χ1n) is 5.71. The SMILES string of the molecule is O=C(c1cc(Cl)ccc1O)C1CCCCC1. The Morgan fingerprint density at radius 3 is 2.62 bits per heavy atom. The summed E-state index contributed by atoms with van der Waals surface area (Å²) in [5.74, 6) is 0.151. The Labute approximate surface area is 100 Å². The summed E-state index contributed by atoms with van der Waals surface area (Å²) in [5, 5.41) is 10.2. The van der Waals surface area contributed by atoms with Gasteiger partial charge in [-0.25, -0.2) is 0 Å². The topological polar surface area (TPSA) is 37.3 Å². The normalized spacial score (nSPS) is 17.3. The first kappa shape index (κ1) is 11.5. The third kappa shape index (κ3) is 2.38. The van der Waals surface area contributed by atoms with E-state index in [-0.39, 0.29) is 17.5 Å². The highest BCUT2D eigenvalue weighted by Crippen LogP contribution is 2.30. The van der Waals surface area contributed by atoms with Gasteiger partial charge in [0.15, 0.2) is 5.78 Å². The number of carbonyl (C=O) groups excluding carboxylic acids is 1. The van der Waals surface area contributed by atoms with Gasteiger partial charge in [0.2, 0.25) is 0 Å². The van der Waals surface area contributed by atoms with Crippen molar-refractivity contribution in [2.24, 2.45) is 5.92 Å². The van der Waals surface area contributed by atoms with Crippen LogP contribution in [0.25, 0.3) is 0 Å². The number of carbonyl (C=O) groups is 1. The van der Waals surface area contributed by atoms with Crippen LogP contribution in [0.15, 0.2) is 18.2 Å². The van der Waals surface area contributed by atoms with Gasteiger partial charge in [-0.15, -0.1) is 0 Å². The van der Waals surface area contributed by atoms with Gasteiger partial charge < -0.3 is 5.11 Å². The smallest absolute Gasteiger partial charge is 0.169 e. The fourth-order valence-corrected chi connectivity index (χ4v) is 2.46. The molecule has 2 rings (SSSR count). The van der Waals surface area contributed by atoms with Crippen LogP contribution in [0, 0.1) is 5.92 Å². The van der Waals surface area contributed by atoms with Crippen LogP contribution in [-0.4, -0.2) is 10.9 Å². The fraction of sp³-hybridized carbons (Fsp3) is 0.462. The number of Topliss-reactive ketones (excluding diaryl/α,β-unsaturated/α-hetero) is 1. The molecule has 86 valence electrons. The van der Waals surface area contributed by atoms with Crippen LogP contribution in [0.3, 0.4) is 0 Å². The molecule has 0 amide bonds. The molecule has 3 heteroatoms. The summed E-state index contributed by atoms with van der Waals surface area (Å²) in [6.07, 6.45) is 5.30. The Bertz CT molecular complexity index is 395. The number of rotatable bonds is 2. The third-order valence-corrected chi connectivity index (χ3v) is 3.44. The Kier molecular flexibility index (Phi) is 3.49. The lowest BCUT2D eigenvalue weighted by Crippen LogP contribution is -2.17. The molecule has 1 aliphatic rings. The summed E-state index contributed by atoms with van der Waals surface area (Å²) in [6.45, 7) is 0. The maximum atomic E-state index is 12.2. The Morgan fingerprint density at radius 2 is 1.94 bits per heavy atom. The van der Waals surface area contributed by atoms with E-state index >= 15 is 0 Å². The van der Waals surface area contributed by atoms with E-state index in [0.29, 0.717) is 10.6 Å². The average molecular weight is 239 g/mol. The second-order valence-electron chi connectivity index (χ2n) is 4.36. The summed E-state index contributed by atoms with van der Waals surface area (Å²) in [7, 11) is 0. The van der Waals surface area contributed by atoms with Crippen molar-refractivity contribution >= 4 is 17.4 Å². The summed E-state index contributed by atoms with van der Waals surface area (Å²) >= 11 is 5.84. The standard InChI is InChI=1S/C13H15ClO2/c14-10-6-7-12(15)11(8-10)13(16)9-4-2-1-3-5-9/h6-9,15H,1-5H2.